The first kappa shape index (κ1) is 14.1. The second kappa shape index (κ2) is 5.56. The monoisotopic (exact) mass is 321 g/mol. The van der Waals surface area contributed by atoms with Gasteiger partial charge in [0.2, 0.25) is 0 Å². The van der Waals surface area contributed by atoms with Crippen molar-refractivity contribution in [3.63, 3.8) is 0 Å². The summed E-state index contributed by atoms with van der Waals surface area (Å²) in [4.78, 5) is 12.6. The lowest BCUT2D eigenvalue weighted by Crippen LogP contribution is -2.35. The zero-order chi connectivity index (χ0) is 12.3. The normalized spacial score (nSPS) is 11.6. The van der Waals surface area contributed by atoms with Crippen LogP contribution in [0.2, 0.25) is 0 Å². The van der Waals surface area contributed by atoms with E-state index >= 15 is 0 Å². The molecule has 0 atom stereocenters. The molecule has 0 fully saturated rings. The van der Waals surface area contributed by atoms with Crippen molar-refractivity contribution in [3.8, 4) is 0 Å². The van der Waals surface area contributed by atoms with Gasteiger partial charge in [0.1, 0.15) is 0 Å². The Hall–Kier alpha value is -0.0000000000000000833. The second-order valence-electron chi connectivity index (χ2n) is 4.21. The summed E-state index contributed by atoms with van der Waals surface area (Å²) in [7, 11) is 0. The summed E-state index contributed by atoms with van der Waals surface area (Å²) in [6.07, 6.45) is 2.05. The maximum atomic E-state index is 11.8. The van der Waals surface area contributed by atoms with E-state index in [-0.39, 0.29) is 10.7 Å². The predicted molar refractivity (Wildman–Crippen MR) is 76.7 cm³/mol. The Kier molecular flexibility index (Phi) is 4.88. The molecule has 1 N–H and O–H groups in total. The van der Waals surface area contributed by atoms with Gasteiger partial charge >= 0.3 is 0 Å². The van der Waals surface area contributed by atoms with Crippen LogP contribution in [0.4, 0.5) is 0 Å². The summed E-state index contributed by atoms with van der Waals surface area (Å²) in [6.45, 7) is 6.91. The zero-order valence-corrected chi connectivity index (χ0v) is 13.1. The Bertz CT molecular complexity index is 368. The Morgan fingerprint density at radius 1 is 1.62 bits per heavy atom. The van der Waals surface area contributed by atoms with Crippen molar-refractivity contribution in [2.75, 3.05) is 12.8 Å². The summed E-state index contributed by atoms with van der Waals surface area (Å²) in [5.74, 6) is 0.0147. The van der Waals surface area contributed by atoms with Crippen molar-refractivity contribution in [3.05, 3.63) is 20.3 Å². The van der Waals surface area contributed by atoms with Crippen LogP contribution in [0.3, 0.4) is 0 Å². The number of thioether (sulfide) groups is 1. The van der Waals surface area contributed by atoms with Gasteiger partial charge in [-0.25, -0.2) is 0 Å². The highest BCUT2D eigenvalue weighted by Crippen LogP contribution is 2.27. The first-order valence-electron chi connectivity index (χ1n) is 4.95. The number of amides is 1. The van der Waals surface area contributed by atoms with Crippen molar-refractivity contribution in [1.29, 1.82) is 0 Å². The molecule has 0 aliphatic carbocycles. The molecule has 1 aromatic rings. The molecule has 1 rings (SSSR count). The van der Waals surface area contributed by atoms with Crippen LogP contribution in [0.1, 0.15) is 29.1 Å². The smallest absolute Gasteiger partial charge is 0.261 e. The predicted octanol–water partition coefficient (Wildman–Crippen LogP) is 3.69. The highest BCUT2D eigenvalue weighted by molar-refractivity contribution is 9.11. The topological polar surface area (TPSA) is 29.1 Å². The lowest BCUT2D eigenvalue weighted by Gasteiger charge is -2.21. The molecule has 16 heavy (non-hydrogen) atoms. The third kappa shape index (κ3) is 3.79. The number of rotatable bonds is 4. The Balaban J connectivity index is 2.60. The highest BCUT2D eigenvalue weighted by atomic mass is 79.9. The molecule has 1 aromatic heterocycles. The molecule has 0 saturated heterocycles. The van der Waals surface area contributed by atoms with Gasteiger partial charge in [0.05, 0.1) is 8.66 Å². The highest BCUT2D eigenvalue weighted by Gasteiger charge is 2.18. The molecular formula is C11H16BrNOS2. The maximum absolute atomic E-state index is 11.8. The van der Waals surface area contributed by atoms with E-state index in [0.717, 1.165) is 14.2 Å². The van der Waals surface area contributed by atoms with Gasteiger partial charge in [0.25, 0.3) is 5.91 Å². The van der Waals surface area contributed by atoms with Crippen molar-refractivity contribution in [1.82, 2.24) is 5.32 Å². The van der Waals surface area contributed by atoms with Gasteiger partial charge in [-0.2, -0.15) is 11.8 Å². The average molecular weight is 322 g/mol. The zero-order valence-electron chi connectivity index (χ0n) is 9.89. The molecule has 1 heterocycles. The molecule has 90 valence electrons. The van der Waals surface area contributed by atoms with Crippen LogP contribution in [-0.2, 0) is 0 Å². The molecule has 0 spiro atoms. The number of hydrogen-bond donors (Lipinski definition) is 1. The van der Waals surface area contributed by atoms with E-state index in [2.05, 4.69) is 41.3 Å². The summed E-state index contributed by atoms with van der Waals surface area (Å²) in [6, 6.07) is 1.91. The Morgan fingerprint density at radius 2 is 2.25 bits per heavy atom. The fraction of sp³-hybridized carbons (Fsp3) is 0.545. The second-order valence-corrected chi connectivity index (χ2v) is 8.10. The van der Waals surface area contributed by atoms with Gasteiger partial charge < -0.3 is 5.32 Å². The number of nitrogens with one attached hydrogen (secondary N) is 1. The number of carbonyl (C=O) groups excluding carboxylic acids is 1. The number of carbonyl (C=O) groups is 1. The van der Waals surface area contributed by atoms with Crippen LogP contribution in [0.25, 0.3) is 0 Å². The summed E-state index contributed by atoms with van der Waals surface area (Å²) in [5.41, 5.74) is 1.11. The largest absolute Gasteiger partial charge is 0.350 e. The first-order valence-corrected chi connectivity index (χ1v) is 7.78. The van der Waals surface area contributed by atoms with Crippen molar-refractivity contribution >= 4 is 44.9 Å². The van der Waals surface area contributed by atoms with Gasteiger partial charge in [-0.15, -0.1) is 11.3 Å². The number of thiophene rings is 1. The van der Waals surface area contributed by atoms with Crippen LogP contribution in [0.15, 0.2) is 9.85 Å². The minimum atomic E-state index is 0.0147. The lowest BCUT2D eigenvalue weighted by atomic mass is 10.2. The molecule has 0 unspecified atom stereocenters. The molecule has 0 bridgehead atoms. The van der Waals surface area contributed by atoms with E-state index in [4.69, 9.17) is 0 Å². The van der Waals surface area contributed by atoms with E-state index in [9.17, 15) is 4.79 Å². The fourth-order valence-electron chi connectivity index (χ4n) is 1.02. The van der Waals surface area contributed by atoms with Gasteiger partial charge in [-0.3, -0.25) is 4.79 Å². The van der Waals surface area contributed by atoms with Crippen molar-refractivity contribution in [2.24, 2.45) is 0 Å². The average Bonchev–Trinajstić information content (AvgIpc) is 2.56. The van der Waals surface area contributed by atoms with Gasteiger partial charge in [0, 0.05) is 11.3 Å². The SMILES string of the molecule is CSC(C)(C)CNC(=O)c1cc(C)c(Br)s1. The number of halogens is 1. The standard InChI is InChI=1S/C11H16BrNOS2/c1-7-5-8(16-9(7)12)10(14)13-6-11(2,3)15-4/h5H,6H2,1-4H3,(H,13,14). The van der Waals surface area contributed by atoms with Crippen LogP contribution in [0.5, 0.6) is 0 Å². The van der Waals surface area contributed by atoms with Gasteiger partial charge in [0.15, 0.2) is 0 Å². The quantitative estimate of drug-likeness (QED) is 0.916. The Morgan fingerprint density at radius 3 is 2.69 bits per heavy atom. The maximum Gasteiger partial charge on any atom is 0.261 e. The Labute approximate surface area is 113 Å². The van der Waals surface area contributed by atoms with Crippen molar-refractivity contribution < 1.29 is 4.79 Å². The van der Waals surface area contributed by atoms with E-state index in [0.29, 0.717) is 6.54 Å². The van der Waals surface area contributed by atoms with Crippen LogP contribution in [0, 0.1) is 6.92 Å². The van der Waals surface area contributed by atoms with E-state index in [1.54, 1.807) is 11.8 Å². The molecule has 0 saturated carbocycles. The summed E-state index contributed by atoms with van der Waals surface area (Å²) >= 11 is 6.65. The third-order valence-electron chi connectivity index (χ3n) is 2.31. The molecule has 2 nitrogen and oxygen atoms in total. The minimum absolute atomic E-state index is 0.0147. The molecular weight excluding hydrogens is 306 g/mol. The lowest BCUT2D eigenvalue weighted by molar-refractivity contribution is 0.0955. The minimum Gasteiger partial charge on any atom is -0.350 e. The molecule has 1 amide bonds. The van der Waals surface area contributed by atoms with E-state index in [1.807, 2.05) is 13.0 Å². The molecule has 0 radical (unpaired) electrons. The summed E-state index contributed by atoms with van der Waals surface area (Å²) < 4.78 is 1.11. The van der Waals surface area contributed by atoms with Gasteiger partial charge in [-0.1, -0.05) is 0 Å². The van der Waals surface area contributed by atoms with E-state index in [1.165, 1.54) is 11.3 Å². The van der Waals surface area contributed by atoms with E-state index < -0.39 is 0 Å². The van der Waals surface area contributed by atoms with Gasteiger partial charge in [-0.05, 0) is 54.6 Å². The van der Waals surface area contributed by atoms with Crippen LogP contribution >= 0.6 is 39.0 Å². The molecule has 0 aliphatic rings. The van der Waals surface area contributed by atoms with Crippen molar-refractivity contribution in [2.45, 2.75) is 25.5 Å². The molecule has 5 heteroatoms. The number of hydrogen-bond acceptors (Lipinski definition) is 3. The first-order chi connectivity index (χ1) is 7.35. The molecule has 0 aromatic carbocycles. The third-order valence-corrected chi connectivity index (χ3v) is 5.69. The van der Waals surface area contributed by atoms with Crippen LogP contribution in [-0.4, -0.2) is 23.5 Å². The number of aryl methyl sites for hydroxylation is 1. The summed E-state index contributed by atoms with van der Waals surface area (Å²) in [5, 5.41) is 2.96. The molecule has 0 aliphatic heterocycles. The fourth-order valence-corrected chi connectivity index (χ4v) is 2.69. The van der Waals surface area contributed by atoms with Crippen LogP contribution < -0.4 is 5.32 Å².